The molecule has 0 aromatic heterocycles. The van der Waals surface area contributed by atoms with E-state index in [0.717, 1.165) is 16.3 Å². The van der Waals surface area contributed by atoms with Crippen molar-refractivity contribution in [2.45, 2.75) is 6.61 Å². The third-order valence-corrected chi connectivity index (χ3v) is 3.73. The summed E-state index contributed by atoms with van der Waals surface area (Å²) in [6, 6.07) is 20.1. The highest BCUT2D eigenvalue weighted by Crippen LogP contribution is 2.17. The fraction of sp³-hybridized carbons (Fsp3) is 0.100. The average molecular weight is 320 g/mol. The highest BCUT2D eigenvalue weighted by atomic mass is 16.5. The first-order valence-electron chi connectivity index (χ1n) is 7.50. The average Bonchev–Trinajstić information content (AvgIpc) is 2.65. The van der Waals surface area contributed by atoms with Crippen LogP contribution in [0.15, 0.2) is 66.7 Å². The van der Waals surface area contributed by atoms with Gasteiger partial charge in [-0.25, -0.2) is 9.59 Å². The number of benzene rings is 3. The summed E-state index contributed by atoms with van der Waals surface area (Å²) in [5, 5.41) is 2.07. The molecule has 0 heterocycles. The smallest absolute Gasteiger partial charge is 0.338 e. The van der Waals surface area contributed by atoms with Gasteiger partial charge in [0, 0.05) is 0 Å². The summed E-state index contributed by atoms with van der Waals surface area (Å²) in [5.41, 5.74) is 1.78. The number of esters is 2. The molecular formula is C20H16O4. The van der Waals surface area contributed by atoms with Gasteiger partial charge in [0.2, 0.25) is 0 Å². The van der Waals surface area contributed by atoms with E-state index in [1.807, 2.05) is 36.4 Å². The second kappa shape index (κ2) is 6.96. The van der Waals surface area contributed by atoms with Crippen molar-refractivity contribution in [3.05, 3.63) is 83.4 Å². The van der Waals surface area contributed by atoms with Crippen LogP contribution in [0.4, 0.5) is 0 Å². The summed E-state index contributed by atoms with van der Waals surface area (Å²) < 4.78 is 9.98. The Labute approximate surface area is 139 Å². The minimum Gasteiger partial charge on any atom is -0.465 e. The van der Waals surface area contributed by atoms with E-state index in [1.165, 1.54) is 7.11 Å². The van der Waals surface area contributed by atoms with Gasteiger partial charge >= 0.3 is 11.9 Å². The summed E-state index contributed by atoms with van der Waals surface area (Å²) in [6.45, 7) is 0.146. The van der Waals surface area contributed by atoms with Crippen LogP contribution in [0.1, 0.15) is 26.3 Å². The van der Waals surface area contributed by atoms with Gasteiger partial charge in [0.05, 0.1) is 18.2 Å². The molecule has 0 amide bonds. The molecular weight excluding hydrogens is 304 g/mol. The van der Waals surface area contributed by atoms with Gasteiger partial charge in [-0.3, -0.25) is 0 Å². The second-order valence-electron chi connectivity index (χ2n) is 5.33. The van der Waals surface area contributed by atoms with Crippen molar-refractivity contribution in [3.63, 3.8) is 0 Å². The maximum absolute atomic E-state index is 12.2. The third kappa shape index (κ3) is 3.43. The largest absolute Gasteiger partial charge is 0.465 e. The number of ether oxygens (including phenoxy) is 2. The van der Waals surface area contributed by atoms with Gasteiger partial charge in [-0.05, 0) is 40.6 Å². The van der Waals surface area contributed by atoms with E-state index in [-0.39, 0.29) is 12.6 Å². The monoisotopic (exact) mass is 320 g/mol. The number of rotatable bonds is 4. The van der Waals surface area contributed by atoms with Crippen molar-refractivity contribution in [2.75, 3.05) is 7.11 Å². The Balaban J connectivity index is 1.67. The van der Waals surface area contributed by atoms with Gasteiger partial charge in [-0.2, -0.15) is 0 Å². The molecule has 0 aliphatic rings. The first-order chi connectivity index (χ1) is 11.7. The quantitative estimate of drug-likeness (QED) is 0.682. The first-order valence-corrected chi connectivity index (χ1v) is 7.50. The molecule has 0 aliphatic carbocycles. The number of fused-ring (bicyclic) bond motifs is 1. The summed E-state index contributed by atoms with van der Waals surface area (Å²) in [4.78, 5) is 23.6. The lowest BCUT2D eigenvalue weighted by Gasteiger charge is -2.07. The molecule has 120 valence electrons. The second-order valence-corrected chi connectivity index (χ2v) is 5.33. The SMILES string of the molecule is COC(=O)c1ccc(COC(=O)c2ccc3ccccc3c2)cc1. The summed E-state index contributed by atoms with van der Waals surface area (Å²) in [6.07, 6.45) is 0. The van der Waals surface area contributed by atoms with Crippen molar-refractivity contribution in [3.8, 4) is 0 Å². The molecule has 0 unspecified atom stereocenters. The topological polar surface area (TPSA) is 52.6 Å². The molecule has 0 fully saturated rings. The van der Waals surface area contributed by atoms with Crippen LogP contribution in [0.5, 0.6) is 0 Å². The molecule has 0 atom stereocenters. The Hall–Kier alpha value is -3.14. The number of methoxy groups -OCH3 is 1. The maximum atomic E-state index is 12.2. The highest BCUT2D eigenvalue weighted by Gasteiger charge is 2.09. The molecule has 3 aromatic rings. The van der Waals surface area contributed by atoms with Crippen LogP contribution in [-0.4, -0.2) is 19.0 Å². The van der Waals surface area contributed by atoms with Crippen molar-refractivity contribution in [1.82, 2.24) is 0 Å². The standard InChI is InChI=1S/C20H16O4/c1-23-19(21)16-8-6-14(7-9-16)13-24-20(22)18-11-10-15-4-2-3-5-17(15)12-18/h2-12H,13H2,1H3. The zero-order valence-corrected chi connectivity index (χ0v) is 13.2. The van der Waals surface area contributed by atoms with Crippen molar-refractivity contribution >= 4 is 22.7 Å². The van der Waals surface area contributed by atoms with Crippen molar-refractivity contribution < 1.29 is 19.1 Å². The van der Waals surface area contributed by atoms with Gasteiger partial charge in [-0.15, -0.1) is 0 Å². The number of carbonyl (C=O) groups is 2. The minimum absolute atomic E-state index is 0.146. The Morgan fingerprint density at radius 3 is 2.17 bits per heavy atom. The molecule has 24 heavy (non-hydrogen) atoms. The zero-order chi connectivity index (χ0) is 16.9. The summed E-state index contributed by atoms with van der Waals surface area (Å²) >= 11 is 0. The van der Waals surface area contributed by atoms with E-state index in [1.54, 1.807) is 30.3 Å². The fourth-order valence-corrected chi connectivity index (χ4v) is 2.40. The van der Waals surface area contributed by atoms with E-state index in [9.17, 15) is 9.59 Å². The maximum Gasteiger partial charge on any atom is 0.338 e. The molecule has 4 nitrogen and oxygen atoms in total. The predicted octanol–water partition coefficient (Wildman–Crippen LogP) is 3.98. The molecule has 0 saturated heterocycles. The molecule has 0 saturated carbocycles. The van der Waals surface area contributed by atoms with Gasteiger partial charge in [0.25, 0.3) is 0 Å². The van der Waals surface area contributed by atoms with Gasteiger partial charge in [-0.1, -0.05) is 42.5 Å². The fourth-order valence-electron chi connectivity index (χ4n) is 2.40. The van der Waals surface area contributed by atoms with Crippen LogP contribution in [0.2, 0.25) is 0 Å². The highest BCUT2D eigenvalue weighted by molar-refractivity contribution is 5.95. The van der Waals surface area contributed by atoms with Crippen LogP contribution >= 0.6 is 0 Å². The third-order valence-electron chi connectivity index (χ3n) is 3.73. The lowest BCUT2D eigenvalue weighted by molar-refractivity contribution is 0.0471. The molecule has 0 N–H and O–H groups in total. The molecule has 4 heteroatoms. The van der Waals surface area contributed by atoms with E-state index >= 15 is 0 Å². The van der Waals surface area contributed by atoms with Gasteiger partial charge < -0.3 is 9.47 Å². The number of hydrogen-bond donors (Lipinski definition) is 0. The van der Waals surface area contributed by atoms with Gasteiger partial charge in [0.15, 0.2) is 0 Å². The van der Waals surface area contributed by atoms with Crippen LogP contribution in [-0.2, 0) is 16.1 Å². The molecule has 3 aromatic carbocycles. The van der Waals surface area contributed by atoms with Crippen LogP contribution in [0.25, 0.3) is 10.8 Å². The Bertz CT molecular complexity index is 882. The normalized spacial score (nSPS) is 10.4. The lowest BCUT2D eigenvalue weighted by Crippen LogP contribution is -2.06. The lowest BCUT2D eigenvalue weighted by atomic mass is 10.1. The van der Waals surface area contributed by atoms with Crippen molar-refractivity contribution in [1.29, 1.82) is 0 Å². The Morgan fingerprint density at radius 2 is 1.46 bits per heavy atom. The van der Waals surface area contributed by atoms with E-state index in [4.69, 9.17) is 4.74 Å². The number of carbonyl (C=O) groups excluding carboxylic acids is 2. The van der Waals surface area contributed by atoms with E-state index in [0.29, 0.717) is 11.1 Å². The Kier molecular flexibility index (Phi) is 4.57. The van der Waals surface area contributed by atoms with Gasteiger partial charge in [0.1, 0.15) is 6.61 Å². The molecule has 0 aliphatic heterocycles. The molecule has 0 spiro atoms. The summed E-state index contributed by atoms with van der Waals surface area (Å²) in [7, 11) is 1.33. The van der Waals surface area contributed by atoms with Crippen LogP contribution in [0, 0.1) is 0 Å². The minimum atomic E-state index is -0.394. The summed E-state index contributed by atoms with van der Waals surface area (Å²) in [5.74, 6) is -0.771. The van der Waals surface area contributed by atoms with Crippen LogP contribution in [0.3, 0.4) is 0 Å². The molecule has 0 radical (unpaired) electrons. The van der Waals surface area contributed by atoms with E-state index < -0.39 is 5.97 Å². The molecule has 3 rings (SSSR count). The van der Waals surface area contributed by atoms with Crippen molar-refractivity contribution in [2.24, 2.45) is 0 Å². The molecule has 0 bridgehead atoms. The zero-order valence-electron chi connectivity index (χ0n) is 13.2. The van der Waals surface area contributed by atoms with Crippen LogP contribution < -0.4 is 0 Å². The Morgan fingerprint density at radius 1 is 0.792 bits per heavy atom. The first kappa shape index (κ1) is 15.7. The van der Waals surface area contributed by atoms with E-state index in [2.05, 4.69) is 4.74 Å². The predicted molar refractivity (Wildman–Crippen MR) is 90.8 cm³/mol. The number of hydrogen-bond acceptors (Lipinski definition) is 4.